The summed E-state index contributed by atoms with van der Waals surface area (Å²) in [5.41, 5.74) is 4.10. The van der Waals surface area contributed by atoms with Crippen LogP contribution in [0, 0.1) is 11.3 Å². The average molecular weight is 364 g/mol. The Balaban J connectivity index is 1.48. The molecule has 3 heteroatoms. The van der Waals surface area contributed by atoms with E-state index in [0.29, 0.717) is 18.8 Å². The zero-order valence-electron chi connectivity index (χ0n) is 16.2. The van der Waals surface area contributed by atoms with Crippen LogP contribution in [0.25, 0.3) is 11.1 Å². The van der Waals surface area contributed by atoms with Crippen LogP contribution in [-0.4, -0.2) is 19.3 Å². The highest BCUT2D eigenvalue weighted by molar-refractivity contribution is 5.64. The Labute approximate surface area is 162 Å². The minimum Gasteiger partial charge on any atom is -0.373 e. The van der Waals surface area contributed by atoms with Gasteiger partial charge in [-0.2, -0.15) is 5.26 Å². The fourth-order valence-electron chi connectivity index (χ4n) is 3.51. The normalized spacial score (nSPS) is 19.6. The first-order chi connectivity index (χ1) is 13.3. The van der Waals surface area contributed by atoms with Crippen LogP contribution >= 0.6 is 0 Å². The van der Waals surface area contributed by atoms with E-state index < -0.39 is 0 Å². The van der Waals surface area contributed by atoms with Crippen molar-refractivity contribution in [3.05, 3.63) is 59.7 Å². The van der Waals surface area contributed by atoms with Crippen LogP contribution in [0.1, 0.15) is 62.7 Å². The summed E-state index contributed by atoms with van der Waals surface area (Å²) in [6.45, 7) is 3.57. The first-order valence-electron chi connectivity index (χ1n) is 10.1. The van der Waals surface area contributed by atoms with Gasteiger partial charge in [-0.15, -0.1) is 0 Å². The van der Waals surface area contributed by atoms with Gasteiger partial charge in [0.2, 0.25) is 0 Å². The Bertz CT molecular complexity index is 722. The maximum absolute atomic E-state index is 8.90. The molecule has 0 spiro atoms. The molecular weight excluding hydrogens is 334 g/mol. The summed E-state index contributed by atoms with van der Waals surface area (Å²) in [7, 11) is 0. The summed E-state index contributed by atoms with van der Waals surface area (Å²) in [6.07, 6.45) is 7.87. The largest absolute Gasteiger partial charge is 0.373 e. The summed E-state index contributed by atoms with van der Waals surface area (Å²) in [5, 5.41) is 8.90. The molecule has 3 rings (SSSR count). The van der Waals surface area contributed by atoms with E-state index in [0.717, 1.165) is 23.1 Å². The third kappa shape index (κ3) is 5.66. The van der Waals surface area contributed by atoms with Crippen LogP contribution in [0.2, 0.25) is 0 Å². The lowest BCUT2D eigenvalue weighted by Gasteiger charge is -2.30. The van der Waals surface area contributed by atoms with Crippen LogP contribution in [0.3, 0.4) is 0 Å². The van der Waals surface area contributed by atoms with E-state index in [1.165, 1.54) is 32.1 Å². The molecule has 1 heterocycles. The number of hydrogen-bond acceptors (Lipinski definition) is 3. The zero-order chi connectivity index (χ0) is 18.9. The Morgan fingerprint density at radius 2 is 1.52 bits per heavy atom. The maximum atomic E-state index is 8.90. The molecule has 0 radical (unpaired) electrons. The molecule has 1 saturated heterocycles. The van der Waals surface area contributed by atoms with Gasteiger partial charge in [-0.3, -0.25) is 0 Å². The van der Waals surface area contributed by atoms with Crippen molar-refractivity contribution in [2.45, 2.75) is 57.7 Å². The van der Waals surface area contributed by atoms with Crippen molar-refractivity contribution in [3.8, 4) is 17.2 Å². The number of nitrogens with zero attached hydrogens (tertiary/aromatic N) is 1. The molecule has 2 atom stereocenters. The number of ether oxygens (including phenoxy) is 2. The van der Waals surface area contributed by atoms with Gasteiger partial charge in [0.25, 0.3) is 0 Å². The summed E-state index contributed by atoms with van der Waals surface area (Å²) in [5.74, 6) is 0. The fraction of sp³-hybridized carbons (Fsp3) is 0.458. The second kappa shape index (κ2) is 10.3. The molecule has 2 aromatic carbocycles. The van der Waals surface area contributed by atoms with Crippen molar-refractivity contribution < 1.29 is 9.47 Å². The molecule has 2 aromatic rings. The van der Waals surface area contributed by atoms with E-state index >= 15 is 0 Å². The third-order valence-corrected chi connectivity index (χ3v) is 5.23. The number of benzene rings is 2. The molecule has 0 amide bonds. The number of rotatable bonds is 8. The third-order valence-electron chi connectivity index (χ3n) is 5.23. The summed E-state index contributed by atoms with van der Waals surface area (Å²) < 4.78 is 12.1. The van der Waals surface area contributed by atoms with Crippen molar-refractivity contribution in [2.75, 3.05) is 13.2 Å². The van der Waals surface area contributed by atoms with Gasteiger partial charge in [-0.1, -0.05) is 75.4 Å². The van der Waals surface area contributed by atoms with Crippen LogP contribution in [-0.2, 0) is 9.47 Å². The van der Waals surface area contributed by atoms with Crippen LogP contribution in [0.5, 0.6) is 0 Å². The van der Waals surface area contributed by atoms with Gasteiger partial charge < -0.3 is 9.47 Å². The number of nitriles is 1. The van der Waals surface area contributed by atoms with Crippen molar-refractivity contribution in [1.82, 2.24) is 0 Å². The first-order valence-corrected chi connectivity index (χ1v) is 10.1. The van der Waals surface area contributed by atoms with Gasteiger partial charge in [-0.25, -0.2) is 0 Å². The number of unbranched alkanes of at least 4 members (excludes halogenated alkanes) is 4. The van der Waals surface area contributed by atoms with E-state index in [4.69, 9.17) is 14.7 Å². The fourth-order valence-corrected chi connectivity index (χ4v) is 3.51. The van der Waals surface area contributed by atoms with Crippen molar-refractivity contribution in [1.29, 1.82) is 5.26 Å². The molecule has 1 aliphatic heterocycles. The van der Waals surface area contributed by atoms with E-state index in [9.17, 15) is 0 Å². The Morgan fingerprint density at radius 3 is 2.11 bits per heavy atom. The minimum absolute atomic E-state index is 0.0244. The molecule has 3 nitrogen and oxygen atoms in total. The smallest absolute Gasteiger partial charge is 0.106 e. The Kier molecular flexibility index (Phi) is 7.45. The molecular formula is C24H29NO2. The van der Waals surface area contributed by atoms with E-state index in [1.54, 1.807) is 0 Å². The van der Waals surface area contributed by atoms with Crippen LogP contribution < -0.4 is 0 Å². The second-order valence-electron chi connectivity index (χ2n) is 7.29. The quantitative estimate of drug-likeness (QED) is 0.537. The second-order valence-corrected chi connectivity index (χ2v) is 7.29. The maximum Gasteiger partial charge on any atom is 0.106 e. The number of hydrogen-bond donors (Lipinski definition) is 0. The standard InChI is InChI=1S/C24H29NO2/c1-2-3-4-5-6-7-23-17-27-24(18-26-23)22-14-12-21(13-15-22)20-10-8-19(16-25)9-11-20/h8-15,23-24H,2-7,17-18H2,1H3. The van der Waals surface area contributed by atoms with E-state index in [1.807, 2.05) is 24.3 Å². The average Bonchev–Trinajstić information content (AvgIpc) is 2.74. The van der Waals surface area contributed by atoms with Gasteiger partial charge in [0, 0.05) is 0 Å². The molecule has 0 saturated carbocycles. The predicted molar refractivity (Wildman–Crippen MR) is 108 cm³/mol. The van der Waals surface area contributed by atoms with Gasteiger partial charge in [0.1, 0.15) is 6.10 Å². The molecule has 2 unspecified atom stereocenters. The lowest BCUT2D eigenvalue weighted by atomic mass is 10.0. The molecule has 1 fully saturated rings. The SMILES string of the molecule is CCCCCCCC1COC(c2ccc(-c3ccc(C#N)cc3)cc2)CO1. The topological polar surface area (TPSA) is 42.2 Å². The van der Waals surface area contributed by atoms with Crippen molar-refractivity contribution in [2.24, 2.45) is 0 Å². The monoisotopic (exact) mass is 363 g/mol. The van der Waals surface area contributed by atoms with Crippen molar-refractivity contribution >= 4 is 0 Å². The highest BCUT2D eigenvalue weighted by atomic mass is 16.6. The van der Waals surface area contributed by atoms with Crippen molar-refractivity contribution in [3.63, 3.8) is 0 Å². The summed E-state index contributed by atoms with van der Waals surface area (Å²) >= 11 is 0. The summed E-state index contributed by atoms with van der Waals surface area (Å²) in [4.78, 5) is 0. The lowest BCUT2D eigenvalue weighted by molar-refractivity contribution is -0.137. The highest BCUT2D eigenvalue weighted by Gasteiger charge is 2.23. The Morgan fingerprint density at radius 1 is 0.852 bits per heavy atom. The van der Waals surface area contributed by atoms with Gasteiger partial charge in [0.15, 0.2) is 0 Å². The molecule has 0 aromatic heterocycles. The lowest BCUT2D eigenvalue weighted by Crippen LogP contribution is -2.31. The van der Waals surface area contributed by atoms with Gasteiger partial charge in [-0.05, 0) is 35.2 Å². The molecule has 0 N–H and O–H groups in total. The van der Waals surface area contributed by atoms with E-state index in [2.05, 4.69) is 37.3 Å². The molecule has 142 valence electrons. The van der Waals surface area contributed by atoms with Crippen LogP contribution in [0.15, 0.2) is 48.5 Å². The van der Waals surface area contributed by atoms with Gasteiger partial charge >= 0.3 is 0 Å². The molecule has 0 bridgehead atoms. The van der Waals surface area contributed by atoms with E-state index in [-0.39, 0.29) is 12.2 Å². The molecule has 0 aliphatic carbocycles. The first kappa shape index (κ1) is 19.6. The molecule has 27 heavy (non-hydrogen) atoms. The minimum atomic E-state index is 0.0244. The zero-order valence-corrected chi connectivity index (χ0v) is 16.2. The highest BCUT2D eigenvalue weighted by Crippen LogP contribution is 2.27. The Hall–Kier alpha value is -2.15. The predicted octanol–water partition coefficient (Wildman–Crippen LogP) is 6.04. The van der Waals surface area contributed by atoms with Crippen LogP contribution in [0.4, 0.5) is 0 Å². The summed E-state index contributed by atoms with van der Waals surface area (Å²) in [6, 6.07) is 18.3. The van der Waals surface area contributed by atoms with Gasteiger partial charge in [0.05, 0.1) is 31.0 Å². The molecule has 1 aliphatic rings.